The highest BCUT2D eigenvalue weighted by Gasteiger charge is 2.23. The molecule has 3 heterocycles. The molecule has 5 heteroatoms. The van der Waals surface area contributed by atoms with E-state index in [1.54, 1.807) is 12.4 Å². The molecule has 0 bridgehead atoms. The van der Waals surface area contributed by atoms with Crippen LogP contribution in [0.25, 0.3) is 5.69 Å². The first-order valence-electron chi connectivity index (χ1n) is 6.78. The van der Waals surface area contributed by atoms with Crippen LogP contribution >= 0.6 is 0 Å². The van der Waals surface area contributed by atoms with Crippen molar-refractivity contribution >= 4 is 5.82 Å². The molecule has 3 rings (SSSR count). The number of aromatic nitrogens is 3. The van der Waals surface area contributed by atoms with Crippen LogP contribution < -0.4 is 5.73 Å². The van der Waals surface area contributed by atoms with Crippen LogP contribution in [0.2, 0.25) is 0 Å². The zero-order valence-electron chi connectivity index (χ0n) is 11.2. The highest BCUT2D eigenvalue weighted by atomic mass is 15.3. The molecule has 2 aromatic rings. The Balaban J connectivity index is 1.95. The molecular weight excluding hydrogens is 238 g/mol. The van der Waals surface area contributed by atoms with Crippen molar-refractivity contribution in [3.8, 4) is 5.69 Å². The average molecular weight is 257 g/mol. The van der Waals surface area contributed by atoms with E-state index in [-0.39, 0.29) is 0 Å². The van der Waals surface area contributed by atoms with Crippen LogP contribution in [0.5, 0.6) is 0 Å². The van der Waals surface area contributed by atoms with E-state index < -0.39 is 0 Å². The van der Waals surface area contributed by atoms with Gasteiger partial charge in [-0.3, -0.25) is 9.88 Å². The summed E-state index contributed by atoms with van der Waals surface area (Å²) < 4.78 is 1.84. The van der Waals surface area contributed by atoms with Crippen LogP contribution in [0.3, 0.4) is 0 Å². The van der Waals surface area contributed by atoms with E-state index in [1.165, 1.54) is 12.0 Å². The van der Waals surface area contributed by atoms with Crippen molar-refractivity contribution in [1.82, 2.24) is 19.7 Å². The predicted molar refractivity (Wildman–Crippen MR) is 75.0 cm³/mol. The topological polar surface area (TPSA) is 60.0 Å². The smallest absolute Gasteiger partial charge is 0.132 e. The van der Waals surface area contributed by atoms with Crippen LogP contribution in [0, 0.1) is 0 Å². The van der Waals surface area contributed by atoms with Gasteiger partial charge in [-0.25, -0.2) is 4.68 Å². The lowest BCUT2D eigenvalue weighted by molar-refractivity contribution is 0.254. The summed E-state index contributed by atoms with van der Waals surface area (Å²) in [6.45, 7) is 5.33. The highest BCUT2D eigenvalue weighted by molar-refractivity contribution is 5.50. The van der Waals surface area contributed by atoms with Gasteiger partial charge in [0, 0.05) is 37.5 Å². The van der Waals surface area contributed by atoms with Crippen molar-refractivity contribution in [3.05, 3.63) is 35.8 Å². The van der Waals surface area contributed by atoms with Gasteiger partial charge < -0.3 is 5.73 Å². The van der Waals surface area contributed by atoms with Crippen molar-refractivity contribution in [3.63, 3.8) is 0 Å². The summed E-state index contributed by atoms with van der Waals surface area (Å²) in [6, 6.07) is 3.86. The number of nitrogens with two attached hydrogens (primary N) is 1. The Hall–Kier alpha value is -1.88. The number of nitrogen functional groups attached to an aromatic ring is 1. The molecule has 19 heavy (non-hydrogen) atoms. The molecule has 1 aliphatic heterocycles. The third-order valence-electron chi connectivity index (χ3n) is 3.60. The zero-order valence-corrected chi connectivity index (χ0v) is 11.2. The maximum Gasteiger partial charge on any atom is 0.132 e. The molecule has 5 nitrogen and oxygen atoms in total. The minimum absolute atomic E-state index is 0.766. The quantitative estimate of drug-likeness (QED) is 0.907. The van der Waals surface area contributed by atoms with Crippen LogP contribution in [0.15, 0.2) is 24.5 Å². The van der Waals surface area contributed by atoms with Gasteiger partial charge in [0.1, 0.15) is 5.82 Å². The highest BCUT2D eigenvalue weighted by Crippen LogP contribution is 2.26. The zero-order chi connectivity index (χ0) is 13.2. The van der Waals surface area contributed by atoms with E-state index in [0.717, 1.165) is 43.3 Å². The van der Waals surface area contributed by atoms with Gasteiger partial charge >= 0.3 is 0 Å². The molecule has 2 aromatic heterocycles. The predicted octanol–water partition coefficient (Wildman–Crippen LogP) is 1.62. The van der Waals surface area contributed by atoms with Crippen LogP contribution in [0.4, 0.5) is 5.82 Å². The molecule has 0 aliphatic carbocycles. The second kappa shape index (κ2) is 5.01. The van der Waals surface area contributed by atoms with Gasteiger partial charge in [0.25, 0.3) is 0 Å². The summed E-state index contributed by atoms with van der Waals surface area (Å²) in [4.78, 5) is 6.47. The molecular formula is C14H19N5. The summed E-state index contributed by atoms with van der Waals surface area (Å²) in [6.07, 6.45) is 5.68. The number of anilines is 1. The van der Waals surface area contributed by atoms with E-state index in [9.17, 15) is 0 Å². The summed E-state index contributed by atoms with van der Waals surface area (Å²) in [5.41, 5.74) is 9.58. The first kappa shape index (κ1) is 12.2. The molecule has 0 atom stereocenters. The SMILES string of the molecule is CCCN1CCc2nn(-c3ccncc3)c(N)c2C1. The van der Waals surface area contributed by atoms with Gasteiger partial charge in [-0.2, -0.15) is 5.10 Å². The number of pyridine rings is 1. The Labute approximate surface area is 113 Å². The molecule has 1 aliphatic rings. The molecule has 0 unspecified atom stereocenters. The average Bonchev–Trinajstić information content (AvgIpc) is 2.78. The van der Waals surface area contributed by atoms with Crippen molar-refractivity contribution < 1.29 is 0 Å². The number of rotatable bonds is 3. The number of hydrogen-bond acceptors (Lipinski definition) is 4. The van der Waals surface area contributed by atoms with E-state index in [0.29, 0.717) is 0 Å². The number of hydrogen-bond donors (Lipinski definition) is 1. The Morgan fingerprint density at radius 2 is 2.11 bits per heavy atom. The van der Waals surface area contributed by atoms with E-state index in [4.69, 9.17) is 5.73 Å². The maximum atomic E-state index is 6.27. The third kappa shape index (κ3) is 2.21. The Morgan fingerprint density at radius 1 is 1.32 bits per heavy atom. The fourth-order valence-corrected chi connectivity index (χ4v) is 2.64. The molecule has 0 radical (unpaired) electrons. The third-order valence-corrected chi connectivity index (χ3v) is 3.60. The first-order chi connectivity index (χ1) is 9.29. The molecule has 0 saturated carbocycles. The summed E-state index contributed by atoms with van der Waals surface area (Å²) in [5.74, 6) is 0.766. The normalized spacial score (nSPS) is 15.4. The Kier molecular flexibility index (Phi) is 3.21. The molecule has 0 spiro atoms. The number of nitrogens with zero attached hydrogens (tertiary/aromatic N) is 4. The van der Waals surface area contributed by atoms with E-state index in [1.807, 2.05) is 16.8 Å². The lowest BCUT2D eigenvalue weighted by Crippen LogP contribution is -2.31. The lowest BCUT2D eigenvalue weighted by atomic mass is 10.1. The summed E-state index contributed by atoms with van der Waals surface area (Å²) >= 11 is 0. The molecule has 0 aromatic carbocycles. The maximum absolute atomic E-state index is 6.27. The fraction of sp³-hybridized carbons (Fsp3) is 0.429. The minimum atomic E-state index is 0.766. The van der Waals surface area contributed by atoms with Crippen molar-refractivity contribution in [2.75, 3.05) is 18.8 Å². The largest absolute Gasteiger partial charge is 0.383 e. The lowest BCUT2D eigenvalue weighted by Gasteiger charge is -2.25. The van der Waals surface area contributed by atoms with Gasteiger partial charge in [-0.05, 0) is 25.1 Å². The first-order valence-corrected chi connectivity index (χ1v) is 6.78. The standard InChI is InChI=1S/C14H19N5/c1-2-8-18-9-5-13-12(10-18)14(15)19(17-13)11-3-6-16-7-4-11/h3-4,6-7H,2,5,8-10,15H2,1H3. The molecule has 100 valence electrons. The second-order valence-electron chi connectivity index (χ2n) is 4.95. The molecule has 0 fully saturated rings. The van der Waals surface area contributed by atoms with Crippen LogP contribution in [-0.2, 0) is 13.0 Å². The van der Waals surface area contributed by atoms with Crippen molar-refractivity contribution in [1.29, 1.82) is 0 Å². The van der Waals surface area contributed by atoms with Gasteiger partial charge in [-0.1, -0.05) is 6.92 Å². The Morgan fingerprint density at radius 3 is 2.84 bits per heavy atom. The monoisotopic (exact) mass is 257 g/mol. The van der Waals surface area contributed by atoms with E-state index >= 15 is 0 Å². The van der Waals surface area contributed by atoms with Gasteiger partial charge in [0.2, 0.25) is 0 Å². The molecule has 0 saturated heterocycles. The van der Waals surface area contributed by atoms with Crippen molar-refractivity contribution in [2.45, 2.75) is 26.3 Å². The van der Waals surface area contributed by atoms with Crippen LogP contribution in [0.1, 0.15) is 24.6 Å². The number of fused-ring (bicyclic) bond motifs is 1. The van der Waals surface area contributed by atoms with E-state index in [2.05, 4.69) is 21.9 Å². The molecule has 2 N–H and O–H groups in total. The summed E-state index contributed by atoms with van der Waals surface area (Å²) in [7, 11) is 0. The Bertz CT molecular complexity index is 561. The fourth-order valence-electron chi connectivity index (χ4n) is 2.64. The summed E-state index contributed by atoms with van der Waals surface area (Å²) in [5, 5.41) is 4.65. The second-order valence-corrected chi connectivity index (χ2v) is 4.95. The van der Waals surface area contributed by atoms with Crippen LogP contribution in [-0.4, -0.2) is 32.8 Å². The minimum Gasteiger partial charge on any atom is -0.383 e. The van der Waals surface area contributed by atoms with Gasteiger partial charge in [-0.15, -0.1) is 0 Å². The van der Waals surface area contributed by atoms with Gasteiger partial charge in [0.05, 0.1) is 11.4 Å². The van der Waals surface area contributed by atoms with Crippen molar-refractivity contribution in [2.24, 2.45) is 0 Å². The van der Waals surface area contributed by atoms with Gasteiger partial charge in [0.15, 0.2) is 0 Å². The molecule has 0 amide bonds.